The Morgan fingerprint density at radius 2 is 1.74 bits per heavy atom. The third-order valence-corrected chi connectivity index (χ3v) is 5.93. The van der Waals surface area contributed by atoms with E-state index in [0.29, 0.717) is 12.1 Å². The van der Waals surface area contributed by atoms with Gasteiger partial charge in [0.25, 0.3) is 5.91 Å². The third-order valence-electron chi connectivity index (χ3n) is 4.36. The lowest BCUT2D eigenvalue weighted by atomic mass is 10.1. The molecule has 0 bridgehead atoms. The highest BCUT2D eigenvalue weighted by molar-refractivity contribution is 9.10. The van der Waals surface area contributed by atoms with Gasteiger partial charge in [-0.05, 0) is 48.4 Å². The van der Waals surface area contributed by atoms with Crippen molar-refractivity contribution in [2.24, 2.45) is 0 Å². The van der Waals surface area contributed by atoms with Crippen LogP contribution in [0.15, 0.2) is 77.3 Å². The molecule has 1 aromatic heterocycles. The maximum atomic E-state index is 13.3. The van der Waals surface area contributed by atoms with Crippen LogP contribution in [0.2, 0.25) is 0 Å². The lowest BCUT2D eigenvalue weighted by Crippen LogP contribution is -2.30. The second-order valence-electron chi connectivity index (χ2n) is 6.30. The fourth-order valence-electron chi connectivity index (χ4n) is 2.93. The molecule has 0 spiro atoms. The maximum absolute atomic E-state index is 13.3. The molecule has 3 nitrogen and oxygen atoms in total. The number of para-hydroxylation sites is 1. The average molecular weight is 437 g/mol. The molecule has 134 valence electrons. The summed E-state index contributed by atoms with van der Waals surface area (Å²) < 4.78 is 2.04. The zero-order valence-electron chi connectivity index (χ0n) is 14.7. The smallest absolute Gasteiger partial charge is 0.260 e. The minimum absolute atomic E-state index is 0.0527. The molecular weight excluding hydrogens is 420 g/mol. The van der Waals surface area contributed by atoms with Gasteiger partial charge in [0.05, 0.1) is 16.8 Å². The van der Waals surface area contributed by atoms with Crippen LogP contribution in [0.3, 0.4) is 0 Å². The van der Waals surface area contributed by atoms with Crippen LogP contribution in [-0.4, -0.2) is 10.9 Å². The molecule has 3 aromatic carbocycles. The van der Waals surface area contributed by atoms with E-state index in [-0.39, 0.29) is 5.91 Å². The predicted octanol–water partition coefficient (Wildman–Crippen LogP) is 6.21. The van der Waals surface area contributed by atoms with Crippen molar-refractivity contribution >= 4 is 48.5 Å². The van der Waals surface area contributed by atoms with Crippen LogP contribution in [0.4, 0.5) is 5.13 Å². The monoisotopic (exact) mass is 436 g/mol. The first kappa shape index (κ1) is 17.9. The van der Waals surface area contributed by atoms with E-state index in [1.165, 1.54) is 0 Å². The molecule has 0 saturated heterocycles. The first-order valence-corrected chi connectivity index (χ1v) is 10.2. The molecule has 4 rings (SSSR count). The van der Waals surface area contributed by atoms with Gasteiger partial charge in [0.1, 0.15) is 0 Å². The second-order valence-corrected chi connectivity index (χ2v) is 8.23. The largest absolute Gasteiger partial charge is 0.279 e. The summed E-state index contributed by atoms with van der Waals surface area (Å²) in [4.78, 5) is 19.9. The Morgan fingerprint density at radius 1 is 1.00 bits per heavy atom. The van der Waals surface area contributed by atoms with Crippen LogP contribution in [0.25, 0.3) is 10.2 Å². The van der Waals surface area contributed by atoms with Crippen molar-refractivity contribution in [1.29, 1.82) is 0 Å². The standard InChI is InChI=1S/C22H17BrN2OS/c1-15-6-5-9-19-20(15)24-22(27-19)25(14-16-7-3-2-4-8-16)21(26)17-10-12-18(23)13-11-17/h2-13H,14H2,1H3. The zero-order valence-corrected chi connectivity index (χ0v) is 17.1. The van der Waals surface area contributed by atoms with Gasteiger partial charge in [0.2, 0.25) is 0 Å². The first-order valence-electron chi connectivity index (χ1n) is 8.59. The van der Waals surface area contributed by atoms with E-state index < -0.39 is 0 Å². The van der Waals surface area contributed by atoms with Crippen LogP contribution < -0.4 is 4.90 Å². The quantitative estimate of drug-likeness (QED) is 0.380. The number of carbonyl (C=O) groups is 1. The summed E-state index contributed by atoms with van der Waals surface area (Å²) in [6, 6.07) is 23.6. The number of aryl methyl sites for hydroxylation is 1. The van der Waals surface area contributed by atoms with E-state index in [0.717, 1.165) is 30.9 Å². The third kappa shape index (κ3) is 3.80. The van der Waals surface area contributed by atoms with E-state index >= 15 is 0 Å². The predicted molar refractivity (Wildman–Crippen MR) is 115 cm³/mol. The first-order chi connectivity index (χ1) is 13.1. The van der Waals surface area contributed by atoms with Crippen molar-refractivity contribution in [3.63, 3.8) is 0 Å². The molecule has 4 aromatic rings. The average Bonchev–Trinajstić information content (AvgIpc) is 3.12. The van der Waals surface area contributed by atoms with E-state index in [2.05, 4.69) is 15.9 Å². The topological polar surface area (TPSA) is 33.2 Å². The number of thiazole rings is 1. The molecule has 0 aliphatic rings. The number of amides is 1. The summed E-state index contributed by atoms with van der Waals surface area (Å²) in [5, 5.41) is 0.719. The summed E-state index contributed by atoms with van der Waals surface area (Å²) in [6.45, 7) is 2.53. The Morgan fingerprint density at radius 3 is 2.44 bits per heavy atom. The van der Waals surface area contributed by atoms with Gasteiger partial charge >= 0.3 is 0 Å². The summed E-state index contributed by atoms with van der Waals surface area (Å²) in [6.07, 6.45) is 0. The van der Waals surface area contributed by atoms with Crippen LogP contribution in [-0.2, 0) is 6.54 Å². The van der Waals surface area contributed by atoms with Crippen LogP contribution in [0.1, 0.15) is 21.5 Å². The molecule has 0 atom stereocenters. The summed E-state index contributed by atoms with van der Waals surface area (Å²) in [7, 11) is 0. The Hall–Kier alpha value is -2.50. The lowest BCUT2D eigenvalue weighted by molar-refractivity contribution is 0.0985. The molecule has 27 heavy (non-hydrogen) atoms. The summed E-state index contributed by atoms with van der Waals surface area (Å²) >= 11 is 4.98. The molecule has 1 heterocycles. The Labute approximate surface area is 170 Å². The highest BCUT2D eigenvalue weighted by Gasteiger charge is 2.22. The van der Waals surface area contributed by atoms with Gasteiger partial charge in [-0.2, -0.15) is 0 Å². The van der Waals surface area contributed by atoms with Crippen molar-refractivity contribution in [3.8, 4) is 0 Å². The fourth-order valence-corrected chi connectivity index (χ4v) is 4.24. The van der Waals surface area contributed by atoms with Crippen LogP contribution >= 0.6 is 27.3 Å². The maximum Gasteiger partial charge on any atom is 0.260 e. The number of benzene rings is 3. The van der Waals surface area contributed by atoms with Crippen LogP contribution in [0, 0.1) is 6.92 Å². The van der Waals surface area contributed by atoms with Crippen molar-refractivity contribution < 1.29 is 4.79 Å². The highest BCUT2D eigenvalue weighted by atomic mass is 79.9. The summed E-state index contributed by atoms with van der Waals surface area (Å²) in [5.74, 6) is -0.0527. The molecule has 0 aliphatic carbocycles. The molecule has 0 aliphatic heterocycles. The summed E-state index contributed by atoms with van der Waals surface area (Å²) in [5.41, 5.74) is 3.79. The van der Waals surface area contributed by atoms with Gasteiger partial charge in [-0.1, -0.05) is 69.7 Å². The molecule has 0 unspecified atom stereocenters. The van der Waals surface area contributed by atoms with Gasteiger partial charge in [0, 0.05) is 10.0 Å². The zero-order chi connectivity index (χ0) is 18.8. The lowest BCUT2D eigenvalue weighted by Gasteiger charge is -2.20. The molecule has 1 amide bonds. The Balaban J connectivity index is 1.78. The highest BCUT2D eigenvalue weighted by Crippen LogP contribution is 2.32. The normalized spacial score (nSPS) is 10.9. The number of hydrogen-bond acceptors (Lipinski definition) is 3. The number of carbonyl (C=O) groups excluding carboxylic acids is 1. The number of halogens is 1. The van der Waals surface area contributed by atoms with Crippen molar-refractivity contribution in [3.05, 3.63) is 94.0 Å². The molecule has 0 saturated carbocycles. The molecular formula is C22H17BrN2OS. The van der Waals surface area contributed by atoms with Crippen molar-refractivity contribution in [1.82, 2.24) is 4.98 Å². The van der Waals surface area contributed by atoms with Gasteiger partial charge in [0.15, 0.2) is 5.13 Å². The fraction of sp³-hybridized carbons (Fsp3) is 0.0909. The van der Waals surface area contributed by atoms with Gasteiger partial charge < -0.3 is 0 Å². The number of aromatic nitrogens is 1. The number of hydrogen-bond donors (Lipinski definition) is 0. The minimum atomic E-state index is -0.0527. The molecule has 0 radical (unpaired) electrons. The number of anilines is 1. The minimum Gasteiger partial charge on any atom is -0.279 e. The van der Waals surface area contributed by atoms with E-state index in [9.17, 15) is 4.79 Å². The van der Waals surface area contributed by atoms with Gasteiger partial charge in [-0.15, -0.1) is 0 Å². The number of fused-ring (bicyclic) bond motifs is 1. The SMILES string of the molecule is Cc1cccc2sc(N(Cc3ccccc3)C(=O)c3ccc(Br)cc3)nc12. The number of rotatable bonds is 4. The van der Waals surface area contributed by atoms with E-state index in [1.54, 1.807) is 16.2 Å². The van der Waals surface area contributed by atoms with Crippen molar-refractivity contribution in [2.75, 3.05) is 4.90 Å². The Kier molecular flexibility index (Phi) is 5.05. The molecule has 0 N–H and O–H groups in total. The van der Waals surface area contributed by atoms with Crippen LogP contribution in [0.5, 0.6) is 0 Å². The molecule has 0 fully saturated rings. The van der Waals surface area contributed by atoms with E-state index in [4.69, 9.17) is 4.98 Å². The Bertz CT molecular complexity index is 1090. The molecule has 5 heteroatoms. The van der Waals surface area contributed by atoms with E-state index in [1.807, 2.05) is 79.7 Å². The van der Waals surface area contributed by atoms with Crippen molar-refractivity contribution in [2.45, 2.75) is 13.5 Å². The number of nitrogens with zero attached hydrogens (tertiary/aromatic N) is 2. The second kappa shape index (κ2) is 7.62. The van der Waals surface area contributed by atoms with Gasteiger partial charge in [-0.3, -0.25) is 9.69 Å². The van der Waals surface area contributed by atoms with Gasteiger partial charge in [-0.25, -0.2) is 4.98 Å².